The number of thiazole rings is 1. The molecule has 3 fully saturated rings. The summed E-state index contributed by atoms with van der Waals surface area (Å²) < 4.78 is 27.6. The zero-order valence-corrected chi connectivity index (χ0v) is 47.4. The lowest BCUT2D eigenvalue weighted by molar-refractivity contribution is -0.144. The molecule has 4 aliphatic rings. The number of ether oxygens (including phenoxy) is 2. The number of aliphatic hydroxyl groups excluding tert-OH is 1. The number of carbonyl (C=O) groups excluding carboxylic acids is 6. The molecular weight excluding hydrogens is 1090 g/mol. The Hall–Kier alpha value is -6.32. The number of nitrogens with zero attached hydrogens (tertiary/aromatic N) is 2. The molecule has 4 heterocycles. The van der Waals surface area contributed by atoms with Gasteiger partial charge in [0.25, 0.3) is 5.91 Å². The Labute approximate surface area is 478 Å². The summed E-state index contributed by atoms with van der Waals surface area (Å²) in [7, 11) is 0. The highest BCUT2D eigenvalue weighted by molar-refractivity contribution is 7.13. The number of aryl methyl sites for hydroxylation is 1. The van der Waals surface area contributed by atoms with Gasteiger partial charge in [-0.25, -0.2) is 9.37 Å². The van der Waals surface area contributed by atoms with Gasteiger partial charge in [-0.2, -0.15) is 0 Å². The number of anilines is 2. The zero-order valence-electron chi connectivity index (χ0n) is 45.1. The van der Waals surface area contributed by atoms with Gasteiger partial charge in [-0.1, -0.05) is 106 Å². The molecule has 4 aromatic carbocycles. The van der Waals surface area contributed by atoms with E-state index in [1.807, 2.05) is 52.0 Å². The van der Waals surface area contributed by atoms with E-state index in [1.165, 1.54) is 11.0 Å². The van der Waals surface area contributed by atoms with Crippen molar-refractivity contribution in [3.8, 4) is 10.4 Å². The maximum atomic E-state index is 16.3. The van der Waals surface area contributed by atoms with Crippen LogP contribution in [0.1, 0.15) is 104 Å². The maximum absolute atomic E-state index is 16.3. The lowest BCUT2D eigenvalue weighted by Crippen LogP contribution is -2.60. The molecule has 7 N–H and O–H groups in total. The number of benzene rings is 4. The van der Waals surface area contributed by atoms with E-state index in [0.29, 0.717) is 40.4 Å². The van der Waals surface area contributed by atoms with Gasteiger partial charge >= 0.3 is 0 Å². The van der Waals surface area contributed by atoms with E-state index in [9.17, 15) is 33.9 Å². The Morgan fingerprint density at radius 2 is 1.64 bits per heavy atom. The summed E-state index contributed by atoms with van der Waals surface area (Å²) in [5.41, 5.74) is 3.68. The Morgan fingerprint density at radius 3 is 2.34 bits per heavy atom. The second-order valence-corrected chi connectivity index (χ2v) is 23.8. The van der Waals surface area contributed by atoms with Crippen molar-refractivity contribution in [1.82, 2.24) is 31.2 Å². The minimum Gasteiger partial charge on any atom is -0.391 e. The molecule has 9 rings (SSSR count). The van der Waals surface area contributed by atoms with Crippen LogP contribution in [0.5, 0.6) is 0 Å². The number of halogens is 3. The number of hydrogen-bond acceptors (Lipinski definition) is 12. The van der Waals surface area contributed by atoms with Gasteiger partial charge in [0.2, 0.25) is 29.5 Å². The first-order valence-corrected chi connectivity index (χ1v) is 28.7. The van der Waals surface area contributed by atoms with Crippen LogP contribution < -0.4 is 31.9 Å². The van der Waals surface area contributed by atoms with Gasteiger partial charge in [-0.05, 0) is 89.9 Å². The lowest BCUT2D eigenvalue weighted by atomic mass is 9.55. The van der Waals surface area contributed by atoms with Crippen molar-refractivity contribution in [2.24, 2.45) is 5.41 Å². The maximum Gasteiger partial charge on any atom is 0.251 e. The van der Waals surface area contributed by atoms with Gasteiger partial charge in [-0.15, -0.1) is 11.3 Å². The van der Waals surface area contributed by atoms with Crippen molar-refractivity contribution in [3.63, 3.8) is 0 Å². The molecule has 0 radical (unpaired) electrons. The number of carbonyl (C=O) groups is 6. The summed E-state index contributed by atoms with van der Waals surface area (Å²) in [6.07, 6.45) is 2.83. The molecule has 0 unspecified atom stereocenters. The van der Waals surface area contributed by atoms with Crippen LogP contribution in [-0.4, -0.2) is 120 Å². The average molecular weight is 1150 g/mol. The highest BCUT2D eigenvalue weighted by Crippen LogP contribution is 2.63. The van der Waals surface area contributed by atoms with Crippen LogP contribution >= 0.6 is 34.5 Å². The lowest BCUT2D eigenvalue weighted by Gasteiger charge is -2.47. The van der Waals surface area contributed by atoms with Gasteiger partial charge in [0.05, 0.1) is 59.7 Å². The van der Waals surface area contributed by atoms with E-state index in [-0.39, 0.29) is 81.3 Å². The largest absolute Gasteiger partial charge is 0.391 e. The number of hydrogen-bond donors (Lipinski definition) is 7. The number of fused-ring (bicyclic) bond motifs is 3. The Balaban J connectivity index is 0.712. The van der Waals surface area contributed by atoms with Crippen LogP contribution in [0.15, 0.2) is 90.4 Å². The molecule has 5 aromatic rings. The van der Waals surface area contributed by atoms with E-state index in [1.54, 1.807) is 71.4 Å². The number of likely N-dealkylation sites (tertiary alicyclic amines) is 1. The summed E-state index contributed by atoms with van der Waals surface area (Å²) in [5, 5.41) is 29.1. The Kier molecular flexibility index (Phi) is 18.1. The summed E-state index contributed by atoms with van der Waals surface area (Å²) in [5.74, 6) is -4.17. The number of rotatable bonds is 19. The quantitative estimate of drug-likeness (QED) is 0.0395. The first-order chi connectivity index (χ1) is 38.3. The zero-order chi connectivity index (χ0) is 56.9. The standard InChI is InChI=1S/C59H67Cl2FN8O9S/c1-34-50(80-33-65-34)36-13-11-35(12-14-36)31-64-53(74)45-30-40(71)32-70(45)55(76)51(57(2,3)4)68-46(72)21-25-78-27-28-79-26-24-63-52(73)37-15-18-39(19-16-37)66-54(75)49-47(41-9-8-10-43(61)48(41)62)59(58(69-49)22-6-5-7-23-58)42-20-17-38(60)29-44(42)67-56(59)77/h8-20,29,33,40,45,47,49,51,69,71H,5-7,21-28,30-32H2,1-4H3,(H,63,73)(H,64,74)(H,66,75)(H,67,77)(H,68,72)/t40-,45+,47+,49-,51-,59-/m1/s1. The van der Waals surface area contributed by atoms with Crippen molar-refractivity contribution in [2.75, 3.05) is 50.2 Å². The third-order valence-corrected chi connectivity index (χ3v) is 17.3. The van der Waals surface area contributed by atoms with Gasteiger partial charge in [0.15, 0.2) is 0 Å². The van der Waals surface area contributed by atoms with Crippen molar-refractivity contribution in [2.45, 2.75) is 120 Å². The van der Waals surface area contributed by atoms with Crippen molar-refractivity contribution >= 4 is 81.4 Å². The minimum absolute atomic E-state index is 0.0410. The van der Waals surface area contributed by atoms with Crippen molar-refractivity contribution in [1.29, 1.82) is 0 Å². The Bertz CT molecular complexity index is 3120. The second-order valence-electron chi connectivity index (χ2n) is 22.1. The molecule has 1 saturated carbocycles. The minimum atomic E-state index is -1.38. The van der Waals surface area contributed by atoms with Crippen LogP contribution in [0.4, 0.5) is 15.8 Å². The van der Waals surface area contributed by atoms with Gasteiger partial charge in [0.1, 0.15) is 23.3 Å². The molecule has 1 aromatic heterocycles. The SMILES string of the molecule is Cc1ncsc1-c1ccc(CNC(=O)[C@@H]2C[C@@H](O)CN2C(=O)[C@@H](NC(=O)CCOCCOCCNC(=O)c2ccc(NC(=O)[C@@H]3NC4(CCCCC4)[C@@]4(C(=O)Nc5cc(Cl)ccc54)[C@H]3c3cccc(Cl)c3F)cc2)C(C)(C)C)cc1. The topological polar surface area (TPSA) is 229 Å². The molecule has 6 atom stereocenters. The second kappa shape index (κ2) is 24.8. The highest BCUT2D eigenvalue weighted by atomic mass is 35.5. The van der Waals surface area contributed by atoms with E-state index in [2.05, 4.69) is 36.9 Å². The average Bonchev–Trinajstić information content (AvgIpc) is 4.34. The predicted molar refractivity (Wildman–Crippen MR) is 304 cm³/mol. The molecule has 17 nitrogen and oxygen atoms in total. The van der Waals surface area contributed by atoms with Crippen LogP contribution in [0, 0.1) is 18.2 Å². The molecule has 80 heavy (non-hydrogen) atoms. The van der Waals surface area contributed by atoms with Crippen molar-refractivity contribution in [3.05, 3.63) is 134 Å². The molecule has 424 valence electrons. The molecule has 1 aliphatic carbocycles. The Morgan fingerprint density at radius 1 is 0.912 bits per heavy atom. The van der Waals surface area contributed by atoms with Crippen LogP contribution in [-0.2, 0) is 45.4 Å². The molecule has 6 amide bonds. The summed E-state index contributed by atoms with van der Waals surface area (Å²) in [6.45, 7) is 8.35. The van der Waals surface area contributed by atoms with E-state index >= 15 is 4.39 Å². The third kappa shape index (κ3) is 12.1. The van der Waals surface area contributed by atoms with Crippen molar-refractivity contribution < 1.29 is 47.7 Å². The van der Waals surface area contributed by atoms with Gasteiger partial charge in [-0.3, -0.25) is 34.1 Å². The molecule has 21 heteroatoms. The molecule has 0 bridgehead atoms. The number of aliphatic hydroxyl groups is 1. The van der Waals surface area contributed by atoms with Crippen LogP contribution in [0.3, 0.4) is 0 Å². The third-order valence-electron chi connectivity index (χ3n) is 15.8. The van der Waals surface area contributed by atoms with Crippen LogP contribution in [0.25, 0.3) is 10.4 Å². The first-order valence-electron chi connectivity index (χ1n) is 27.0. The first kappa shape index (κ1) is 58.3. The molecule has 3 aliphatic heterocycles. The normalized spacial score (nSPS) is 21.5. The summed E-state index contributed by atoms with van der Waals surface area (Å²) in [6, 6.07) is 21.0. The fourth-order valence-corrected chi connectivity index (χ4v) is 13.1. The fraction of sp³-hybridized carbons (Fsp3) is 0.441. The molecular formula is C59H67Cl2FN8O9S. The van der Waals surface area contributed by atoms with E-state index in [0.717, 1.165) is 41.0 Å². The number of amides is 6. The molecule has 2 saturated heterocycles. The van der Waals surface area contributed by atoms with Gasteiger partial charge in [0, 0.05) is 65.9 Å². The number of aromatic nitrogens is 1. The van der Waals surface area contributed by atoms with Crippen LogP contribution in [0.2, 0.25) is 10.0 Å². The molecule has 2 spiro atoms. The fourth-order valence-electron chi connectivity index (χ4n) is 12.0. The van der Waals surface area contributed by atoms with Gasteiger partial charge < -0.3 is 46.1 Å². The number of β-amino-alcohol motifs (C(OH)–C–C–N with tert-alkyl or cyclic N) is 1. The number of nitrogens with one attached hydrogen (secondary N) is 6. The monoisotopic (exact) mass is 1150 g/mol. The summed E-state index contributed by atoms with van der Waals surface area (Å²) in [4.78, 5) is 89.8. The summed E-state index contributed by atoms with van der Waals surface area (Å²) >= 11 is 14.3. The highest BCUT2D eigenvalue weighted by Gasteiger charge is 2.72. The predicted octanol–water partition coefficient (Wildman–Crippen LogP) is 7.81. The van der Waals surface area contributed by atoms with E-state index < -0.39 is 76.0 Å². The van der Waals surface area contributed by atoms with E-state index in [4.69, 9.17) is 32.7 Å². The smallest absolute Gasteiger partial charge is 0.251 e.